The van der Waals surface area contributed by atoms with Crippen LogP contribution in [0.4, 0.5) is 10.1 Å². The van der Waals surface area contributed by atoms with Gasteiger partial charge in [-0.3, -0.25) is 9.79 Å². The second-order valence-electron chi connectivity index (χ2n) is 5.95. The zero-order chi connectivity index (χ0) is 16.9. The van der Waals surface area contributed by atoms with Crippen molar-refractivity contribution in [3.63, 3.8) is 0 Å². The number of unbranched alkanes of at least 4 members (excludes halogenated alkanes) is 3. The van der Waals surface area contributed by atoms with E-state index < -0.39 is 5.41 Å². The number of halogens is 1. The van der Waals surface area contributed by atoms with Crippen molar-refractivity contribution >= 4 is 17.4 Å². The first kappa shape index (κ1) is 17.4. The summed E-state index contributed by atoms with van der Waals surface area (Å²) in [5, 5.41) is 0. The lowest BCUT2D eigenvalue weighted by atomic mass is 9.92. The average molecular weight is 317 g/mol. The molecule has 2 rings (SSSR count). The van der Waals surface area contributed by atoms with E-state index in [4.69, 9.17) is 4.74 Å². The van der Waals surface area contributed by atoms with Gasteiger partial charge in [0.2, 0.25) is 0 Å². The Morgan fingerprint density at radius 3 is 2.52 bits per heavy atom. The first-order valence-corrected chi connectivity index (χ1v) is 8.16. The zero-order valence-electron chi connectivity index (χ0n) is 14.1. The monoisotopic (exact) mass is 317 g/mol. The molecule has 1 aliphatic rings. The van der Waals surface area contributed by atoms with E-state index in [-0.39, 0.29) is 11.8 Å². The number of carbonyl (C=O) groups is 1. The predicted molar refractivity (Wildman–Crippen MR) is 90.5 cm³/mol. The quantitative estimate of drug-likeness (QED) is 0.293. The number of hydrogen-bond donors (Lipinski definition) is 0. The van der Waals surface area contributed by atoms with Gasteiger partial charge in [0, 0.05) is 5.71 Å². The summed E-state index contributed by atoms with van der Waals surface area (Å²) in [4.78, 5) is 16.8. The first-order valence-electron chi connectivity index (χ1n) is 8.16. The molecule has 124 valence electrons. The van der Waals surface area contributed by atoms with Gasteiger partial charge in [0.25, 0.3) is 0 Å². The third-order valence-corrected chi connectivity index (χ3v) is 4.32. The number of carbonyl (C=O) groups excluding carboxylic acids is 1. The normalized spacial score (nSPS) is 20.2. The Hall–Kier alpha value is -1.97. The number of rotatable bonds is 8. The number of esters is 1. The predicted octanol–water partition coefficient (Wildman–Crippen LogP) is 4.99. The Bertz CT molecular complexity index is 619. The zero-order valence-corrected chi connectivity index (χ0v) is 14.1. The summed E-state index contributed by atoms with van der Waals surface area (Å²) in [7, 11) is 1.40. The number of hydrogen-bond acceptors (Lipinski definition) is 3. The smallest absolute Gasteiger partial charge is 0.325 e. The van der Waals surface area contributed by atoms with Crippen molar-refractivity contribution in [3.8, 4) is 0 Å². The Labute approximate surface area is 137 Å². The van der Waals surface area contributed by atoms with Crippen LogP contribution in [0.25, 0.3) is 0 Å². The Morgan fingerprint density at radius 1 is 1.22 bits per heavy atom. The molecule has 0 heterocycles. The van der Waals surface area contributed by atoms with Crippen molar-refractivity contribution in [1.29, 1.82) is 0 Å². The minimum absolute atomic E-state index is 0.286. The highest BCUT2D eigenvalue weighted by molar-refractivity contribution is 6.15. The van der Waals surface area contributed by atoms with Gasteiger partial charge in [-0.15, -0.1) is 0 Å². The number of nitrogens with zero attached hydrogens (tertiary/aromatic N) is 1. The molecule has 1 aromatic rings. The van der Waals surface area contributed by atoms with Gasteiger partial charge >= 0.3 is 5.97 Å². The molecule has 0 bridgehead atoms. The molecule has 0 radical (unpaired) electrons. The SMILES string of the molecule is CCCCCCC1=CC1(C(=O)OC)C(C)=Nc1ccc(F)cc1. The van der Waals surface area contributed by atoms with Crippen LogP contribution in [-0.2, 0) is 9.53 Å². The minimum atomic E-state index is -0.782. The summed E-state index contributed by atoms with van der Waals surface area (Å²) in [6.07, 6.45) is 7.48. The summed E-state index contributed by atoms with van der Waals surface area (Å²) in [6.45, 7) is 4.00. The number of ether oxygens (including phenoxy) is 1. The Balaban J connectivity index is 2.11. The highest BCUT2D eigenvalue weighted by Gasteiger charge is 2.53. The van der Waals surface area contributed by atoms with E-state index in [9.17, 15) is 9.18 Å². The van der Waals surface area contributed by atoms with Crippen LogP contribution >= 0.6 is 0 Å². The third-order valence-electron chi connectivity index (χ3n) is 4.32. The maximum atomic E-state index is 13.0. The molecule has 23 heavy (non-hydrogen) atoms. The van der Waals surface area contributed by atoms with Gasteiger partial charge < -0.3 is 4.74 Å². The Morgan fingerprint density at radius 2 is 1.91 bits per heavy atom. The fraction of sp³-hybridized carbons (Fsp3) is 0.474. The summed E-state index contributed by atoms with van der Waals surface area (Å²) >= 11 is 0. The number of benzene rings is 1. The topological polar surface area (TPSA) is 38.7 Å². The molecule has 1 aliphatic carbocycles. The van der Waals surface area contributed by atoms with Gasteiger partial charge in [-0.25, -0.2) is 4.39 Å². The van der Waals surface area contributed by atoms with Gasteiger partial charge in [-0.2, -0.15) is 0 Å². The lowest BCUT2D eigenvalue weighted by molar-refractivity contribution is -0.143. The number of aliphatic imine (C=N–C) groups is 1. The molecule has 1 atom stereocenters. The molecule has 0 N–H and O–H groups in total. The molecule has 0 aliphatic heterocycles. The van der Waals surface area contributed by atoms with E-state index in [0.29, 0.717) is 11.4 Å². The van der Waals surface area contributed by atoms with Crippen LogP contribution in [-0.4, -0.2) is 18.8 Å². The summed E-state index contributed by atoms with van der Waals surface area (Å²) < 4.78 is 18.0. The van der Waals surface area contributed by atoms with Crippen molar-refractivity contribution in [1.82, 2.24) is 0 Å². The summed E-state index contributed by atoms with van der Waals surface area (Å²) in [5.74, 6) is -0.586. The van der Waals surface area contributed by atoms with Crippen molar-refractivity contribution < 1.29 is 13.9 Å². The Kier molecular flexibility index (Phi) is 5.69. The molecular formula is C19H24FNO2. The van der Waals surface area contributed by atoms with E-state index in [1.54, 1.807) is 12.1 Å². The van der Waals surface area contributed by atoms with Crippen LogP contribution in [0.15, 0.2) is 40.9 Å². The molecule has 3 nitrogen and oxygen atoms in total. The maximum Gasteiger partial charge on any atom is 0.325 e. The van der Waals surface area contributed by atoms with Crippen molar-refractivity contribution in [3.05, 3.63) is 41.7 Å². The second-order valence-corrected chi connectivity index (χ2v) is 5.95. The van der Waals surface area contributed by atoms with E-state index in [2.05, 4.69) is 11.9 Å². The fourth-order valence-corrected chi connectivity index (χ4v) is 2.87. The molecule has 0 aromatic heterocycles. The standard InChI is InChI=1S/C19H24FNO2/c1-4-5-6-7-8-15-13-19(15,18(22)23-3)14(2)21-17-11-9-16(20)10-12-17/h9-13H,4-8H2,1-3H3. The fourth-order valence-electron chi connectivity index (χ4n) is 2.87. The summed E-state index contributed by atoms with van der Waals surface area (Å²) in [6, 6.07) is 5.94. The second kappa shape index (κ2) is 7.53. The van der Waals surface area contributed by atoms with Gasteiger partial charge in [-0.1, -0.05) is 32.3 Å². The average Bonchev–Trinajstić information content (AvgIpc) is 3.28. The third kappa shape index (κ3) is 3.87. The van der Waals surface area contributed by atoms with Crippen LogP contribution in [0.1, 0.15) is 46.0 Å². The van der Waals surface area contributed by atoms with Crippen molar-refractivity contribution in [2.45, 2.75) is 46.0 Å². The number of methoxy groups -OCH3 is 1. The van der Waals surface area contributed by atoms with Crippen molar-refractivity contribution in [2.24, 2.45) is 10.4 Å². The molecule has 0 fully saturated rings. The molecule has 1 unspecified atom stereocenters. The largest absolute Gasteiger partial charge is 0.468 e. The van der Waals surface area contributed by atoms with E-state index >= 15 is 0 Å². The van der Waals surface area contributed by atoms with E-state index in [1.165, 1.54) is 38.5 Å². The van der Waals surface area contributed by atoms with Gasteiger partial charge in [0.05, 0.1) is 12.8 Å². The van der Waals surface area contributed by atoms with Gasteiger partial charge in [0.15, 0.2) is 0 Å². The van der Waals surface area contributed by atoms with Crippen LogP contribution in [0.2, 0.25) is 0 Å². The molecule has 0 saturated carbocycles. The molecule has 4 heteroatoms. The summed E-state index contributed by atoms with van der Waals surface area (Å²) in [5.41, 5.74) is 1.62. The highest BCUT2D eigenvalue weighted by atomic mass is 19.1. The van der Waals surface area contributed by atoms with Crippen LogP contribution < -0.4 is 0 Å². The lowest BCUT2D eigenvalue weighted by Gasteiger charge is -2.16. The van der Waals surface area contributed by atoms with Gasteiger partial charge in [0.1, 0.15) is 11.2 Å². The molecule has 0 saturated heterocycles. The molecule has 0 spiro atoms. The van der Waals surface area contributed by atoms with E-state index in [0.717, 1.165) is 18.4 Å². The first-order chi connectivity index (χ1) is 11.0. The van der Waals surface area contributed by atoms with Gasteiger partial charge in [-0.05, 0) is 49.6 Å². The van der Waals surface area contributed by atoms with E-state index in [1.807, 2.05) is 13.0 Å². The molecule has 0 amide bonds. The van der Waals surface area contributed by atoms with Crippen LogP contribution in [0.5, 0.6) is 0 Å². The van der Waals surface area contributed by atoms with Crippen LogP contribution in [0, 0.1) is 11.2 Å². The highest BCUT2D eigenvalue weighted by Crippen LogP contribution is 2.49. The maximum absolute atomic E-state index is 13.0. The minimum Gasteiger partial charge on any atom is -0.468 e. The molecular weight excluding hydrogens is 293 g/mol. The van der Waals surface area contributed by atoms with Crippen LogP contribution in [0.3, 0.4) is 0 Å². The van der Waals surface area contributed by atoms with Crippen molar-refractivity contribution in [2.75, 3.05) is 7.11 Å². The molecule has 1 aromatic carbocycles. The lowest BCUT2D eigenvalue weighted by Crippen LogP contribution is -2.28.